The summed E-state index contributed by atoms with van der Waals surface area (Å²) in [5, 5.41) is 3.67. The first-order valence-electron chi connectivity index (χ1n) is 6.47. The molecule has 108 valence electrons. The van der Waals surface area contributed by atoms with E-state index in [-0.39, 0.29) is 6.03 Å². The Morgan fingerprint density at radius 3 is 2.76 bits per heavy atom. The first kappa shape index (κ1) is 14.0. The maximum absolute atomic E-state index is 12.4. The van der Waals surface area contributed by atoms with Crippen LogP contribution in [0.1, 0.15) is 5.56 Å². The van der Waals surface area contributed by atoms with E-state index in [1.807, 2.05) is 18.2 Å². The number of urea groups is 1. The van der Waals surface area contributed by atoms with Gasteiger partial charge < -0.3 is 11.1 Å². The molecule has 0 radical (unpaired) electrons. The summed E-state index contributed by atoms with van der Waals surface area (Å²) < 4.78 is 0. The Balaban J connectivity index is 1.82. The highest BCUT2D eigenvalue weighted by molar-refractivity contribution is 6.42. The zero-order valence-electron chi connectivity index (χ0n) is 11.1. The van der Waals surface area contributed by atoms with Crippen molar-refractivity contribution in [3.05, 3.63) is 52.0 Å². The first-order valence-corrected chi connectivity index (χ1v) is 7.23. The largest absolute Gasteiger partial charge is 0.398 e. The molecule has 0 fully saturated rings. The molecule has 2 aromatic carbocycles. The molecule has 3 rings (SSSR count). The number of nitrogens with one attached hydrogen (secondary N) is 1. The Bertz CT molecular complexity index is 718. The number of carbonyl (C=O) groups is 1. The lowest BCUT2D eigenvalue weighted by Crippen LogP contribution is -2.33. The molecule has 0 atom stereocenters. The van der Waals surface area contributed by atoms with Crippen LogP contribution in [0.5, 0.6) is 0 Å². The number of fused-ring (bicyclic) bond motifs is 1. The van der Waals surface area contributed by atoms with Crippen molar-refractivity contribution < 1.29 is 4.79 Å². The molecule has 4 nitrogen and oxygen atoms in total. The number of rotatable bonds is 1. The Kier molecular flexibility index (Phi) is 3.66. The molecule has 21 heavy (non-hydrogen) atoms. The fourth-order valence-corrected chi connectivity index (χ4v) is 2.74. The number of anilines is 3. The van der Waals surface area contributed by atoms with Crippen molar-refractivity contribution in [3.8, 4) is 0 Å². The molecule has 1 aliphatic rings. The van der Waals surface area contributed by atoms with E-state index in [4.69, 9.17) is 28.9 Å². The van der Waals surface area contributed by atoms with Gasteiger partial charge in [0.05, 0.1) is 15.7 Å². The molecule has 0 saturated heterocycles. The molecule has 0 bridgehead atoms. The molecule has 2 aromatic rings. The van der Waals surface area contributed by atoms with Gasteiger partial charge in [0.15, 0.2) is 0 Å². The summed E-state index contributed by atoms with van der Waals surface area (Å²) >= 11 is 11.8. The molecule has 3 N–H and O–H groups in total. The maximum atomic E-state index is 12.4. The Hall–Kier alpha value is -1.91. The van der Waals surface area contributed by atoms with Gasteiger partial charge in [-0.25, -0.2) is 4.79 Å². The van der Waals surface area contributed by atoms with Gasteiger partial charge in [-0.3, -0.25) is 4.90 Å². The van der Waals surface area contributed by atoms with Crippen molar-refractivity contribution in [3.63, 3.8) is 0 Å². The Labute approximate surface area is 132 Å². The standard InChI is InChI=1S/C15H13Cl2N3O/c16-11-5-4-9(8-12(11)17)19-15(21)20-7-6-10-13(18)2-1-3-14(10)20/h1-5,8H,6-7,18H2,(H,19,21). The van der Waals surface area contributed by atoms with Crippen molar-refractivity contribution >= 4 is 46.3 Å². The molecule has 0 aromatic heterocycles. The summed E-state index contributed by atoms with van der Waals surface area (Å²) in [7, 11) is 0. The van der Waals surface area contributed by atoms with Gasteiger partial charge in [-0.05, 0) is 36.8 Å². The second-order valence-electron chi connectivity index (χ2n) is 4.81. The van der Waals surface area contributed by atoms with Crippen LogP contribution in [0.3, 0.4) is 0 Å². The average molecular weight is 322 g/mol. The second-order valence-corrected chi connectivity index (χ2v) is 5.62. The van der Waals surface area contributed by atoms with Gasteiger partial charge in [-0.2, -0.15) is 0 Å². The highest BCUT2D eigenvalue weighted by Crippen LogP contribution is 2.32. The van der Waals surface area contributed by atoms with Crippen LogP contribution in [0.2, 0.25) is 10.0 Å². The van der Waals surface area contributed by atoms with Crippen LogP contribution < -0.4 is 16.0 Å². The first-order chi connectivity index (χ1) is 10.1. The highest BCUT2D eigenvalue weighted by atomic mass is 35.5. The van der Waals surface area contributed by atoms with Crippen LogP contribution >= 0.6 is 23.2 Å². The third-order valence-electron chi connectivity index (χ3n) is 3.48. The normalized spacial score (nSPS) is 13.1. The van der Waals surface area contributed by atoms with Crippen molar-refractivity contribution in [2.24, 2.45) is 0 Å². The van der Waals surface area contributed by atoms with E-state index in [2.05, 4.69) is 5.32 Å². The minimum absolute atomic E-state index is 0.210. The lowest BCUT2D eigenvalue weighted by atomic mass is 10.1. The third kappa shape index (κ3) is 2.64. The summed E-state index contributed by atoms with van der Waals surface area (Å²) in [6.07, 6.45) is 0.761. The summed E-state index contributed by atoms with van der Waals surface area (Å²) in [6.45, 7) is 0.608. The van der Waals surface area contributed by atoms with E-state index >= 15 is 0 Å². The number of amides is 2. The average Bonchev–Trinajstić information content (AvgIpc) is 2.88. The molecular formula is C15H13Cl2N3O. The predicted octanol–water partition coefficient (Wildman–Crippen LogP) is 4.17. The summed E-state index contributed by atoms with van der Waals surface area (Å²) in [5.74, 6) is 0. The van der Waals surface area contributed by atoms with Gasteiger partial charge in [0, 0.05) is 23.5 Å². The van der Waals surface area contributed by atoms with Crippen LogP contribution in [0.25, 0.3) is 0 Å². The maximum Gasteiger partial charge on any atom is 0.326 e. The lowest BCUT2D eigenvalue weighted by molar-refractivity contribution is 0.257. The molecule has 0 unspecified atom stereocenters. The van der Waals surface area contributed by atoms with Gasteiger partial charge in [0.25, 0.3) is 0 Å². The minimum atomic E-state index is -0.210. The fourth-order valence-electron chi connectivity index (χ4n) is 2.44. The number of hydrogen-bond donors (Lipinski definition) is 2. The van der Waals surface area contributed by atoms with Gasteiger partial charge in [-0.1, -0.05) is 29.3 Å². The van der Waals surface area contributed by atoms with Crippen LogP contribution in [0.4, 0.5) is 21.9 Å². The molecule has 0 aliphatic carbocycles. The molecular weight excluding hydrogens is 309 g/mol. The number of benzene rings is 2. The van der Waals surface area contributed by atoms with Crippen LogP contribution in [-0.4, -0.2) is 12.6 Å². The number of hydrogen-bond acceptors (Lipinski definition) is 2. The van der Waals surface area contributed by atoms with Crippen molar-refractivity contribution in [2.75, 3.05) is 22.5 Å². The second kappa shape index (κ2) is 5.47. The molecule has 1 heterocycles. The van der Waals surface area contributed by atoms with Crippen molar-refractivity contribution in [1.82, 2.24) is 0 Å². The van der Waals surface area contributed by atoms with Gasteiger partial charge in [-0.15, -0.1) is 0 Å². The quantitative estimate of drug-likeness (QED) is 0.774. The van der Waals surface area contributed by atoms with Crippen LogP contribution in [-0.2, 0) is 6.42 Å². The van der Waals surface area contributed by atoms with Crippen molar-refractivity contribution in [2.45, 2.75) is 6.42 Å². The van der Waals surface area contributed by atoms with Crippen LogP contribution in [0.15, 0.2) is 36.4 Å². The number of halogens is 2. The highest BCUT2D eigenvalue weighted by Gasteiger charge is 2.25. The third-order valence-corrected chi connectivity index (χ3v) is 4.22. The van der Waals surface area contributed by atoms with E-state index in [1.165, 1.54) is 0 Å². The van der Waals surface area contributed by atoms with Crippen molar-refractivity contribution in [1.29, 1.82) is 0 Å². The monoisotopic (exact) mass is 321 g/mol. The van der Waals surface area contributed by atoms with E-state index in [1.54, 1.807) is 23.1 Å². The van der Waals surface area contributed by atoms with E-state index in [0.717, 1.165) is 23.4 Å². The zero-order valence-corrected chi connectivity index (χ0v) is 12.6. The van der Waals surface area contributed by atoms with Gasteiger partial charge >= 0.3 is 6.03 Å². The van der Waals surface area contributed by atoms with E-state index in [0.29, 0.717) is 22.3 Å². The summed E-state index contributed by atoms with van der Waals surface area (Å²) in [5.41, 5.74) is 9.13. The SMILES string of the molecule is Nc1cccc2c1CCN2C(=O)Nc1ccc(Cl)c(Cl)c1. The molecule has 0 spiro atoms. The van der Waals surface area contributed by atoms with Crippen LogP contribution in [0, 0.1) is 0 Å². The fraction of sp³-hybridized carbons (Fsp3) is 0.133. The summed E-state index contributed by atoms with van der Waals surface area (Å²) in [4.78, 5) is 14.1. The number of nitrogen functional groups attached to an aromatic ring is 1. The van der Waals surface area contributed by atoms with Gasteiger partial charge in [0.2, 0.25) is 0 Å². The Morgan fingerprint density at radius 2 is 2.00 bits per heavy atom. The number of carbonyl (C=O) groups excluding carboxylic acids is 1. The smallest absolute Gasteiger partial charge is 0.326 e. The topological polar surface area (TPSA) is 58.4 Å². The van der Waals surface area contributed by atoms with E-state index in [9.17, 15) is 4.79 Å². The van der Waals surface area contributed by atoms with Gasteiger partial charge in [0.1, 0.15) is 0 Å². The molecule has 0 saturated carbocycles. The lowest BCUT2D eigenvalue weighted by Gasteiger charge is -2.18. The summed E-state index contributed by atoms with van der Waals surface area (Å²) in [6, 6.07) is 10.4. The zero-order chi connectivity index (χ0) is 15.0. The number of nitrogens with two attached hydrogens (primary N) is 1. The molecule has 6 heteroatoms. The molecule has 1 aliphatic heterocycles. The van der Waals surface area contributed by atoms with E-state index < -0.39 is 0 Å². The Morgan fingerprint density at radius 1 is 1.19 bits per heavy atom. The number of nitrogens with zero attached hydrogens (tertiary/aromatic N) is 1. The molecule has 2 amide bonds. The predicted molar refractivity (Wildman–Crippen MR) is 87.4 cm³/mol. The minimum Gasteiger partial charge on any atom is -0.398 e.